The highest BCUT2D eigenvalue weighted by Gasteiger charge is 2.22. The van der Waals surface area contributed by atoms with Gasteiger partial charge in [-0.15, -0.1) is 17.9 Å². The van der Waals surface area contributed by atoms with E-state index in [2.05, 4.69) is 18.0 Å². The zero-order valence-corrected chi connectivity index (χ0v) is 17.9. The molecule has 1 aliphatic rings. The zero-order valence-electron chi connectivity index (χ0n) is 16.3. The molecule has 8 heteroatoms. The van der Waals surface area contributed by atoms with Gasteiger partial charge in [-0.05, 0) is 49.4 Å². The van der Waals surface area contributed by atoms with Crippen molar-refractivity contribution in [1.82, 2.24) is 9.55 Å². The Hall–Kier alpha value is -2.89. The molecule has 0 saturated carbocycles. The Morgan fingerprint density at radius 1 is 1.40 bits per heavy atom. The van der Waals surface area contributed by atoms with E-state index in [1.54, 1.807) is 46.2 Å². The van der Waals surface area contributed by atoms with Gasteiger partial charge in [-0.3, -0.25) is 14.2 Å². The lowest BCUT2D eigenvalue weighted by Gasteiger charge is -2.12. The van der Waals surface area contributed by atoms with Crippen molar-refractivity contribution in [1.29, 1.82) is 5.26 Å². The van der Waals surface area contributed by atoms with Crippen molar-refractivity contribution >= 4 is 44.9 Å². The van der Waals surface area contributed by atoms with Crippen molar-refractivity contribution in [3.05, 3.63) is 63.3 Å². The number of carbonyl (C=O) groups is 1. The maximum absolute atomic E-state index is 13.2. The lowest BCUT2D eigenvalue weighted by atomic mass is 9.97. The van der Waals surface area contributed by atoms with E-state index in [9.17, 15) is 9.59 Å². The van der Waals surface area contributed by atoms with Gasteiger partial charge in [0.1, 0.15) is 4.83 Å². The summed E-state index contributed by atoms with van der Waals surface area (Å²) in [5.41, 5.74) is 2.15. The van der Waals surface area contributed by atoms with Crippen LogP contribution in [0, 0.1) is 11.3 Å². The standard InChI is InChI=1S/C22H20N4O2S2/c1-2-10-26-21(28)19-16-8-3-4-9-17(16)30-20(19)25-22(26)29-13-18(27)24-15-7-5-6-14(11-15)12-23/h2,5-7,11H,1,3-4,8-10,13H2,(H,24,27). The predicted octanol–water partition coefficient (Wildman–Crippen LogP) is 4.13. The number of nitrogens with one attached hydrogen (secondary N) is 1. The predicted molar refractivity (Wildman–Crippen MR) is 121 cm³/mol. The van der Waals surface area contributed by atoms with E-state index in [0.29, 0.717) is 23.0 Å². The molecule has 1 aromatic carbocycles. The topological polar surface area (TPSA) is 87.8 Å². The summed E-state index contributed by atoms with van der Waals surface area (Å²) in [6, 6.07) is 8.80. The molecule has 2 aromatic heterocycles. The summed E-state index contributed by atoms with van der Waals surface area (Å²) >= 11 is 2.83. The van der Waals surface area contributed by atoms with Crippen molar-refractivity contribution in [2.24, 2.45) is 0 Å². The van der Waals surface area contributed by atoms with E-state index >= 15 is 0 Å². The van der Waals surface area contributed by atoms with E-state index in [4.69, 9.17) is 10.2 Å². The van der Waals surface area contributed by atoms with Gasteiger partial charge in [0.25, 0.3) is 5.56 Å². The minimum absolute atomic E-state index is 0.0519. The van der Waals surface area contributed by atoms with Crippen LogP contribution < -0.4 is 10.9 Å². The first-order valence-electron chi connectivity index (χ1n) is 9.69. The van der Waals surface area contributed by atoms with E-state index < -0.39 is 0 Å². The molecule has 0 fully saturated rings. The normalized spacial score (nSPS) is 12.9. The monoisotopic (exact) mass is 436 g/mol. The fourth-order valence-corrected chi connectivity index (χ4v) is 5.72. The van der Waals surface area contributed by atoms with E-state index in [1.807, 2.05) is 0 Å². The number of benzene rings is 1. The number of carbonyl (C=O) groups excluding carboxylic acids is 1. The summed E-state index contributed by atoms with van der Waals surface area (Å²) < 4.78 is 1.60. The van der Waals surface area contributed by atoms with Crippen LogP contribution in [0.25, 0.3) is 10.2 Å². The van der Waals surface area contributed by atoms with Crippen LogP contribution in [0.2, 0.25) is 0 Å². The number of thiophene rings is 1. The lowest BCUT2D eigenvalue weighted by Crippen LogP contribution is -2.24. The Bertz CT molecular complexity index is 1240. The van der Waals surface area contributed by atoms with E-state index in [1.165, 1.54) is 16.6 Å². The molecule has 0 unspecified atom stereocenters. The number of nitriles is 1. The summed E-state index contributed by atoms with van der Waals surface area (Å²) in [6.45, 7) is 4.11. The number of anilines is 1. The van der Waals surface area contributed by atoms with Crippen LogP contribution >= 0.6 is 23.1 Å². The van der Waals surface area contributed by atoms with Gasteiger partial charge >= 0.3 is 0 Å². The molecule has 0 bridgehead atoms. The fourth-order valence-electron chi connectivity index (χ4n) is 3.61. The minimum Gasteiger partial charge on any atom is -0.325 e. The largest absolute Gasteiger partial charge is 0.325 e. The fraction of sp³-hybridized carbons (Fsp3) is 0.273. The number of aryl methyl sites for hydroxylation is 2. The summed E-state index contributed by atoms with van der Waals surface area (Å²) in [5.74, 6) is -0.114. The number of allylic oxidation sites excluding steroid dienone is 1. The van der Waals surface area contributed by atoms with Crippen LogP contribution in [0.1, 0.15) is 28.8 Å². The molecule has 0 radical (unpaired) electrons. The molecule has 4 rings (SSSR count). The number of nitrogens with zero attached hydrogens (tertiary/aromatic N) is 3. The Balaban J connectivity index is 1.59. The molecule has 6 nitrogen and oxygen atoms in total. The molecule has 1 amide bonds. The maximum Gasteiger partial charge on any atom is 0.263 e. The Morgan fingerprint density at radius 2 is 2.23 bits per heavy atom. The smallest absolute Gasteiger partial charge is 0.263 e. The summed E-state index contributed by atoms with van der Waals surface area (Å²) in [6.07, 6.45) is 5.85. The number of thioether (sulfide) groups is 1. The molecular weight excluding hydrogens is 416 g/mol. The average Bonchev–Trinajstić information content (AvgIpc) is 3.13. The first-order valence-corrected chi connectivity index (χ1v) is 11.5. The summed E-state index contributed by atoms with van der Waals surface area (Å²) in [4.78, 5) is 32.4. The molecule has 3 aromatic rings. The number of fused-ring (bicyclic) bond motifs is 3. The Morgan fingerprint density at radius 3 is 3.03 bits per heavy atom. The maximum atomic E-state index is 13.2. The summed E-state index contributed by atoms with van der Waals surface area (Å²) in [7, 11) is 0. The third-order valence-corrected chi connectivity index (χ3v) is 7.12. The average molecular weight is 437 g/mol. The van der Waals surface area contributed by atoms with Crippen molar-refractivity contribution in [2.45, 2.75) is 37.4 Å². The molecule has 0 spiro atoms. The van der Waals surface area contributed by atoms with Gasteiger partial charge in [-0.25, -0.2) is 4.98 Å². The van der Waals surface area contributed by atoms with Crippen LogP contribution in [0.15, 0.2) is 46.9 Å². The van der Waals surface area contributed by atoms with E-state index in [0.717, 1.165) is 41.5 Å². The van der Waals surface area contributed by atoms with Crippen LogP contribution in [0.5, 0.6) is 0 Å². The van der Waals surface area contributed by atoms with Crippen LogP contribution in [-0.4, -0.2) is 21.2 Å². The summed E-state index contributed by atoms with van der Waals surface area (Å²) in [5, 5.41) is 13.0. The molecule has 152 valence electrons. The highest BCUT2D eigenvalue weighted by atomic mass is 32.2. The highest BCUT2D eigenvalue weighted by Crippen LogP contribution is 2.34. The number of amides is 1. The second-order valence-electron chi connectivity index (χ2n) is 7.02. The van der Waals surface area contributed by atoms with Crippen molar-refractivity contribution < 1.29 is 4.79 Å². The lowest BCUT2D eigenvalue weighted by molar-refractivity contribution is -0.113. The zero-order chi connectivity index (χ0) is 21.1. The van der Waals surface area contributed by atoms with Gasteiger partial charge in [-0.1, -0.05) is 23.9 Å². The van der Waals surface area contributed by atoms with Gasteiger partial charge < -0.3 is 5.32 Å². The first-order chi connectivity index (χ1) is 14.6. The van der Waals surface area contributed by atoms with Gasteiger partial charge in [0.2, 0.25) is 5.91 Å². The van der Waals surface area contributed by atoms with Crippen molar-refractivity contribution in [2.75, 3.05) is 11.1 Å². The third-order valence-electron chi connectivity index (χ3n) is 4.96. The van der Waals surface area contributed by atoms with Gasteiger partial charge in [0, 0.05) is 17.1 Å². The quantitative estimate of drug-likeness (QED) is 0.357. The van der Waals surface area contributed by atoms with Crippen molar-refractivity contribution in [3.8, 4) is 6.07 Å². The molecule has 2 heterocycles. The molecular formula is C22H20N4O2S2. The number of hydrogen-bond donors (Lipinski definition) is 1. The molecule has 0 saturated heterocycles. The molecule has 1 aliphatic carbocycles. The molecule has 0 aliphatic heterocycles. The Kier molecular flexibility index (Phi) is 6.02. The first kappa shape index (κ1) is 20.4. The van der Waals surface area contributed by atoms with Gasteiger partial charge in [0.05, 0.1) is 22.8 Å². The van der Waals surface area contributed by atoms with E-state index in [-0.39, 0.29) is 17.2 Å². The van der Waals surface area contributed by atoms with Crippen LogP contribution in [-0.2, 0) is 24.2 Å². The van der Waals surface area contributed by atoms with Gasteiger partial charge in [-0.2, -0.15) is 5.26 Å². The minimum atomic E-state index is -0.222. The SMILES string of the molecule is C=CCn1c(SCC(=O)Nc2cccc(C#N)c2)nc2sc3c(c2c1=O)CCCC3. The second kappa shape index (κ2) is 8.86. The van der Waals surface area contributed by atoms with Crippen LogP contribution in [0.4, 0.5) is 5.69 Å². The number of hydrogen-bond acceptors (Lipinski definition) is 6. The number of aromatic nitrogens is 2. The third kappa shape index (κ3) is 4.04. The number of rotatable bonds is 6. The molecule has 1 N–H and O–H groups in total. The highest BCUT2D eigenvalue weighted by molar-refractivity contribution is 7.99. The van der Waals surface area contributed by atoms with Crippen LogP contribution in [0.3, 0.4) is 0 Å². The molecule has 30 heavy (non-hydrogen) atoms. The van der Waals surface area contributed by atoms with Gasteiger partial charge in [0.15, 0.2) is 5.16 Å². The molecule has 0 atom stereocenters. The Labute approximate surface area is 182 Å². The second-order valence-corrected chi connectivity index (χ2v) is 9.05. The van der Waals surface area contributed by atoms with Crippen molar-refractivity contribution in [3.63, 3.8) is 0 Å².